The van der Waals surface area contributed by atoms with Crippen LogP contribution >= 0.6 is 0 Å². The number of ether oxygens (including phenoxy) is 1. The Labute approximate surface area is 257 Å². The molecule has 0 unspecified atom stereocenters. The van der Waals surface area contributed by atoms with Crippen LogP contribution in [0.25, 0.3) is 0 Å². The molecule has 3 aromatic carbocycles. The molecule has 0 aliphatic heterocycles. The summed E-state index contributed by atoms with van der Waals surface area (Å²) in [6, 6.07) is 20.3. The van der Waals surface area contributed by atoms with Crippen LogP contribution in [0.3, 0.4) is 0 Å². The van der Waals surface area contributed by atoms with Crippen molar-refractivity contribution >= 4 is 27.5 Å². The van der Waals surface area contributed by atoms with E-state index >= 15 is 0 Å². The Morgan fingerprint density at radius 3 is 2.14 bits per heavy atom. The molecule has 0 aliphatic carbocycles. The number of amides is 2. The first kappa shape index (κ1) is 33.6. The third-order valence-electron chi connectivity index (χ3n) is 7.29. The molecule has 8 nitrogen and oxygen atoms in total. The second-order valence-electron chi connectivity index (χ2n) is 11.5. The fraction of sp³-hybridized carbons (Fsp3) is 0.412. The van der Waals surface area contributed by atoms with Crippen molar-refractivity contribution in [3.63, 3.8) is 0 Å². The lowest BCUT2D eigenvalue weighted by Crippen LogP contribution is -2.52. The molecule has 0 aromatic heterocycles. The number of methoxy groups -OCH3 is 1. The smallest absolute Gasteiger partial charge is 0.264 e. The second-order valence-corrected chi connectivity index (χ2v) is 13.4. The van der Waals surface area contributed by atoms with E-state index in [1.54, 1.807) is 49.6 Å². The maximum Gasteiger partial charge on any atom is 0.264 e. The standard InChI is InChI=1S/C34H45N3O5S/c1-8-32(34(39)35-21-24(2)3)36(22-27-10-9-11-30(20-27)42-7)33(38)23-37(29-16-14-28(15-17-29)25(4)5)43(40,41)31-18-12-26(6)13-19-31/h9-20,24-25,32H,8,21-23H2,1-7H3,(H,35,39)/t32-/m1/s1. The number of aryl methyl sites for hydroxylation is 1. The van der Waals surface area contributed by atoms with Crippen LogP contribution in [0.1, 0.15) is 63.6 Å². The Morgan fingerprint density at radius 2 is 1.58 bits per heavy atom. The number of anilines is 1. The maximum atomic E-state index is 14.2. The fourth-order valence-corrected chi connectivity index (χ4v) is 6.12. The molecule has 3 aromatic rings. The third kappa shape index (κ3) is 8.83. The average molecular weight is 608 g/mol. The number of hydrogen-bond donors (Lipinski definition) is 1. The maximum absolute atomic E-state index is 14.2. The molecule has 0 radical (unpaired) electrons. The van der Waals surface area contributed by atoms with E-state index in [2.05, 4.69) is 19.2 Å². The van der Waals surface area contributed by atoms with E-state index in [1.807, 2.05) is 58.0 Å². The highest BCUT2D eigenvalue weighted by Crippen LogP contribution is 2.27. The van der Waals surface area contributed by atoms with Gasteiger partial charge in [-0.2, -0.15) is 0 Å². The Bertz CT molecular complexity index is 1470. The minimum Gasteiger partial charge on any atom is -0.497 e. The first-order valence-corrected chi connectivity index (χ1v) is 16.2. The molecule has 232 valence electrons. The molecule has 43 heavy (non-hydrogen) atoms. The molecule has 9 heteroatoms. The van der Waals surface area contributed by atoms with Crippen LogP contribution in [0, 0.1) is 12.8 Å². The van der Waals surface area contributed by atoms with Gasteiger partial charge in [-0.1, -0.05) is 76.6 Å². The van der Waals surface area contributed by atoms with Crippen molar-refractivity contribution in [2.45, 2.75) is 71.4 Å². The Morgan fingerprint density at radius 1 is 0.930 bits per heavy atom. The van der Waals surface area contributed by atoms with Gasteiger partial charge < -0.3 is 15.0 Å². The molecular formula is C34H45N3O5S. The number of nitrogens with one attached hydrogen (secondary N) is 1. The zero-order chi connectivity index (χ0) is 31.7. The van der Waals surface area contributed by atoms with E-state index in [4.69, 9.17) is 4.74 Å². The first-order chi connectivity index (χ1) is 20.4. The van der Waals surface area contributed by atoms with Crippen LogP contribution in [0.4, 0.5) is 5.69 Å². The minimum absolute atomic E-state index is 0.0832. The Balaban J connectivity index is 2.07. The van der Waals surface area contributed by atoms with Crippen LogP contribution in [-0.2, 0) is 26.2 Å². The van der Waals surface area contributed by atoms with Gasteiger partial charge in [0, 0.05) is 13.1 Å². The molecule has 0 fully saturated rings. The van der Waals surface area contributed by atoms with Crippen molar-refractivity contribution in [1.82, 2.24) is 10.2 Å². The summed E-state index contributed by atoms with van der Waals surface area (Å²) >= 11 is 0. The van der Waals surface area contributed by atoms with Crippen molar-refractivity contribution in [1.29, 1.82) is 0 Å². The fourth-order valence-electron chi connectivity index (χ4n) is 4.70. The third-order valence-corrected chi connectivity index (χ3v) is 9.08. The molecule has 0 spiro atoms. The molecule has 1 N–H and O–H groups in total. The number of hydrogen-bond acceptors (Lipinski definition) is 5. The highest BCUT2D eigenvalue weighted by molar-refractivity contribution is 7.92. The quantitative estimate of drug-likeness (QED) is 0.246. The predicted molar refractivity (Wildman–Crippen MR) is 172 cm³/mol. The molecule has 0 aliphatic rings. The SMILES string of the molecule is CC[C@H](C(=O)NCC(C)C)N(Cc1cccc(OC)c1)C(=O)CN(c1ccc(C(C)C)cc1)S(=O)(=O)c1ccc(C)cc1. The van der Waals surface area contributed by atoms with Gasteiger partial charge in [0.2, 0.25) is 11.8 Å². The summed E-state index contributed by atoms with van der Waals surface area (Å²) in [5.74, 6) is 0.342. The molecule has 0 saturated heterocycles. The van der Waals surface area contributed by atoms with Crippen molar-refractivity contribution in [3.8, 4) is 5.75 Å². The molecule has 2 amide bonds. The van der Waals surface area contributed by atoms with Crippen molar-refractivity contribution in [2.75, 3.05) is 24.5 Å². The van der Waals surface area contributed by atoms with Gasteiger partial charge in [0.05, 0.1) is 17.7 Å². The summed E-state index contributed by atoms with van der Waals surface area (Å²) in [5.41, 5.74) is 3.11. The summed E-state index contributed by atoms with van der Waals surface area (Å²) in [5, 5.41) is 2.95. The Hall–Kier alpha value is -3.85. The number of nitrogens with zero attached hydrogens (tertiary/aromatic N) is 2. The van der Waals surface area contributed by atoms with Gasteiger partial charge >= 0.3 is 0 Å². The van der Waals surface area contributed by atoms with E-state index in [1.165, 1.54) is 4.90 Å². The van der Waals surface area contributed by atoms with E-state index in [-0.39, 0.29) is 29.2 Å². The summed E-state index contributed by atoms with van der Waals surface area (Å²) in [6.07, 6.45) is 0.355. The van der Waals surface area contributed by atoms with Gasteiger partial charge in [0.25, 0.3) is 10.0 Å². The minimum atomic E-state index is -4.12. The number of carbonyl (C=O) groups is 2. The second kappa shape index (κ2) is 15.0. The summed E-state index contributed by atoms with van der Waals surface area (Å²) < 4.78 is 34.7. The van der Waals surface area contributed by atoms with Crippen LogP contribution in [-0.4, -0.2) is 51.4 Å². The summed E-state index contributed by atoms with van der Waals surface area (Å²) in [7, 11) is -2.56. The highest BCUT2D eigenvalue weighted by Gasteiger charge is 2.33. The molecular weight excluding hydrogens is 562 g/mol. The largest absolute Gasteiger partial charge is 0.497 e. The van der Waals surface area contributed by atoms with Crippen molar-refractivity contribution in [2.24, 2.45) is 5.92 Å². The van der Waals surface area contributed by atoms with Gasteiger partial charge in [-0.25, -0.2) is 8.42 Å². The Kier molecular flexibility index (Phi) is 11.8. The number of carbonyl (C=O) groups excluding carboxylic acids is 2. The first-order valence-electron chi connectivity index (χ1n) is 14.8. The topological polar surface area (TPSA) is 96.0 Å². The number of benzene rings is 3. The van der Waals surface area contributed by atoms with Crippen LogP contribution < -0.4 is 14.4 Å². The van der Waals surface area contributed by atoms with Gasteiger partial charge in [-0.3, -0.25) is 13.9 Å². The molecule has 1 atom stereocenters. The zero-order valence-electron chi connectivity index (χ0n) is 26.3. The van der Waals surface area contributed by atoms with E-state index in [0.717, 1.165) is 21.0 Å². The monoisotopic (exact) mass is 607 g/mol. The normalized spacial score (nSPS) is 12.2. The van der Waals surface area contributed by atoms with Crippen LogP contribution in [0.15, 0.2) is 77.7 Å². The van der Waals surface area contributed by atoms with Crippen LogP contribution in [0.5, 0.6) is 5.75 Å². The van der Waals surface area contributed by atoms with Gasteiger partial charge in [0.1, 0.15) is 18.3 Å². The van der Waals surface area contributed by atoms with Gasteiger partial charge in [0.15, 0.2) is 0 Å². The lowest BCUT2D eigenvalue weighted by molar-refractivity contribution is -0.140. The molecule has 0 heterocycles. The predicted octanol–water partition coefficient (Wildman–Crippen LogP) is 5.90. The highest BCUT2D eigenvalue weighted by atomic mass is 32.2. The van der Waals surface area contributed by atoms with Crippen LogP contribution in [0.2, 0.25) is 0 Å². The zero-order valence-corrected chi connectivity index (χ0v) is 27.1. The van der Waals surface area contributed by atoms with E-state index in [0.29, 0.717) is 24.4 Å². The van der Waals surface area contributed by atoms with Gasteiger partial charge in [-0.15, -0.1) is 0 Å². The average Bonchev–Trinajstić information content (AvgIpc) is 2.98. The number of rotatable bonds is 14. The molecule has 0 bridgehead atoms. The van der Waals surface area contributed by atoms with E-state index in [9.17, 15) is 18.0 Å². The van der Waals surface area contributed by atoms with E-state index < -0.39 is 28.5 Å². The lowest BCUT2D eigenvalue weighted by Gasteiger charge is -2.33. The molecule has 3 rings (SSSR count). The number of sulfonamides is 1. The van der Waals surface area contributed by atoms with Crippen molar-refractivity contribution < 1.29 is 22.7 Å². The molecule has 0 saturated carbocycles. The summed E-state index contributed by atoms with van der Waals surface area (Å²) in [4.78, 5) is 29.2. The lowest BCUT2D eigenvalue weighted by atomic mass is 10.0. The summed E-state index contributed by atoms with van der Waals surface area (Å²) in [6.45, 7) is 11.9. The van der Waals surface area contributed by atoms with Crippen molar-refractivity contribution in [3.05, 3.63) is 89.5 Å². The van der Waals surface area contributed by atoms with Gasteiger partial charge in [-0.05, 0) is 72.7 Å².